The molecule has 0 saturated carbocycles. The van der Waals surface area contributed by atoms with Gasteiger partial charge in [0, 0.05) is 18.3 Å². The Morgan fingerprint density at radius 2 is 2.42 bits per heavy atom. The number of aryl methyl sites for hydroxylation is 1. The third-order valence-electron chi connectivity index (χ3n) is 4.37. The maximum Gasteiger partial charge on any atom is 0.240 e. The minimum Gasteiger partial charge on any atom is -0.348 e. The van der Waals surface area contributed by atoms with Crippen LogP contribution in [-0.4, -0.2) is 27.8 Å². The Hall–Kier alpha value is -1.36. The molecule has 1 fully saturated rings. The molecule has 1 saturated heterocycles. The molecule has 0 aliphatic carbocycles. The van der Waals surface area contributed by atoms with E-state index in [-0.39, 0.29) is 17.5 Å². The van der Waals surface area contributed by atoms with E-state index in [0.717, 1.165) is 37.1 Å². The van der Waals surface area contributed by atoms with Gasteiger partial charge in [-0.25, -0.2) is 0 Å². The van der Waals surface area contributed by atoms with E-state index in [1.807, 2.05) is 31.8 Å². The fourth-order valence-corrected chi connectivity index (χ4v) is 2.82. The van der Waals surface area contributed by atoms with Crippen LogP contribution >= 0.6 is 0 Å². The summed E-state index contributed by atoms with van der Waals surface area (Å²) in [7, 11) is 1.92. The first-order chi connectivity index (χ1) is 9.00. The largest absolute Gasteiger partial charge is 0.348 e. The van der Waals surface area contributed by atoms with Crippen LogP contribution in [0.15, 0.2) is 6.20 Å². The summed E-state index contributed by atoms with van der Waals surface area (Å²) in [6.45, 7) is 7.04. The van der Waals surface area contributed by atoms with Crippen molar-refractivity contribution >= 4 is 5.91 Å². The molecule has 5 heteroatoms. The fraction of sp³-hybridized carbons (Fsp3) is 0.714. The van der Waals surface area contributed by atoms with Gasteiger partial charge in [0.2, 0.25) is 5.91 Å². The lowest BCUT2D eigenvalue weighted by atomic mass is 9.92. The molecule has 5 nitrogen and oxygen atoms in total. The summed E-state index contributed by atoms with van der Waals surface area (Å²) in [6.07, 6.45) is 4.66. The molecule has 2 rings (SSSR count). The van der Waals surface area contributed by atoms with Crippen LogP contribution in [0.25, 0.3) is 0 Å². The minimum absolute atomic E-state index is 0.00738. The number of nitrogens with zero attached hydrogens (tertiary/aromatic N) is 2. The Labute approximate surface area is 114 Å². The molecule has 2 atom stereocenters. The molecule has 106 valence electrons. The SMILES string of the molecule is CCC1(C(=O)NC(C)c2cnn(C)c2C)CCCN1. The van der Waals surface area contributed by atoms with E-state index in [1.54, 1.807) is 0 Å². The van der Waals surface area contributed by atoms with Gasteiger partial charge in [0.1, 0.15) is 0 Å². The van der Waals surface area contributed by atoms with Crippen molar-refractivity contribution in [2.75, 3.05) is 6.54 Å². The van der Waals surface area contributed by atoms with Gasteiger partial charge < -0.3 is 10.6 Å². The van der Waals surface area contributed by atoms with Crippen LogP contribution < -0.4 is 10.6 Å². The van der Waals surface area contributed by atoms with Crippen LogP contribution in [0.1, 0.15) is 50.4 Å². The molecule has 0 spiro atoms. The molecule has 0 aromatic carbocycles. The van der Waals surface area contributed by atoms with Gasteiger partial charge in [0.15, 0.2) is 0 Å². The highest BCUT2D eigenvalue weighted by Gasteiger charge is 2.39. The Morgan fingerprint density at radius 1 is 1.68 bits per heavy atom. The first-order valence-corrected chi connectivity index (χ1v) is 7.04. The van der Waals surface area contributed by atoms with Crippen LogP contribution in [0.4, 0.5) is 0 Å². The minimum atomic E-state index is -0.371. The molecule has 2 unspecified atom stereocenters. The van der Waals surface area contributed by atoms with E-state index in [2.05, 4.69) is 22.7 Å². The Morgan fingerprint density at radius 3 is 2.89 bits per heavy atom. The van der Waals surface area contributed by atoms with Crippen LogP contribution in [0.3, 0.4) is 0 Å². The second kappa shape index (κ2) is 5.33. The molecule has 1 aliphatic rings. The van der Waals surface area contributed by atoms with Crippen molar-refractivity contribution in [1.29, 1.82) is 0 Å². The molecule has 1 aromatic heterocycles. The summed E-state index contributed by atoms with van der Waals surface area (Å²) in [4.78, 5) is 12.5. The summed E-state index contributed by atoms with van der Waals surface area (Å²) in [6, 6.07) is -0.00738. The van der Waals surface area contributed by atoms with Gasteiger partial charge in [-0.15, -0.1) is 0 Å². The molecule has 2 heterocycles. The monoisotopic (exact) mass is 264 g/mol. The number of amides is 1. The number of nitrogens with one attached hydrogen (secondary N) is 2. The van der Waals surface area contributed by atoms with Crippen molar-refractivity contribution < 1.29 is 4.79 Å². The van der Waals surface area contributed by atoms with Crippen LogP contribution in [0.5, 0.6) is 0 Å². The number of hydrogen-bond acceptors (Lipinski definition) is 3. The fourth-order valence-electron chi connectivity index (χ4n) is 2.82. The van der Waals surface area contributed by atoms with E-state index in [4.69, 9.17) is 0 Å². The zero-order valence-corrected chi connectivity index (χ0v) is 12.3. The molecule has 2 N–H and O–H groups in total. The molecule has 0 radical (unpaired) electrons. The predicted molar refractivity (Wildman–Crippen MR) is 74.8 cm³/mol. The normalized spacial score (nSPS) is 24.4. The molecule has 0 bridgehead atoms. The first-order valence-electron chi connectivity index (χ1n) is 7.04. The van der Waals surface area contributed by atoms with E-state index in [1.165, 1.54) is 0 Å². The molecule has 1 aromatic rings. The zero-order valence-electron chi connectivity index (χ0n) is 12.3. The number of hydrogen-bond donors (Lipinski definition) is 2. The third-order valence-corrected chi connectivity index (χ3v) is 4.37. The molecule has 19 heavy (non-hydrogen) atoms. The van der Waals surface area contributed by atoms with E-state index in [9.17, 15) is 4.79 Å². The van der Waals surface area contributed by atoms with Crippen molar-refractivity contribution in [3.05, 3.63) is 17.5 Å². The van der Waals surface area contributed by atoms with Crippen molar-refractivity contribution in [3.8, 4) is 0 Å². The number of carbonyl (C=O) groups is 1. The molecular formula is C14H24N4O. The van der Waals surface area contributed by atoms with Crippen molar-refractivity contribution in [3.63, 3.8) is 0 Å². The van der Waals surface area contributed by atoms with Crippen LogP contribution in [-0.2, 0) is 11.8 Å². The van der Waals surface area contributed by atoms with Gasteiger partial charge in [-0.2, -0.15) is 5.10 Å². The maximum atomic E-state index is 12.5. The first kappa shape index (κ1) is 14.1. The van der Waals surface area contributed by atoms with Crippen molar-refractivity contribution in [2.45, 2.75) is 51.6 Å². The highest BCUT2D eigenvalue weighted by atomic mass is 16.2. The van der Waals surface area contributed by atoms with E-state index < -0.39 is 0 Å². The lowest BCUT2D eigenvalue weighted by Crippen LogP contribution is -2.53. The van der Waals surface area contributed by atoms with Gasteiger partial charge in [-0.05, 0) is 39.7 Å². The van der Waals surface area contributed by atoms with E-state index >= 15 is 0 Å². The summed E-state index contributed by atoms with van der Waals surface area (Å²) in [5.74, 6) is 0.114. The van der Waals surface area contributed by atoms with Gasteiger partial charge in [0.25, 0.3) is 0 Å². The third kappa shape index (κ3) is 2.52. The van der Waals surface area contributed by atoms with Gasteiger partial charge in [0.05, 0.1) is 17.8 Å². The van der Waals surface area contributed by atoms with Gasteiger partial charge in [-0.1, -0.05) is 6.92 Å². The van der Waals surface area contributed by atoms with Gasteiger partial charge in [-0.3, -0.25) is 9.48 Å². The molecule has 1 amide bonds. The summed E-state index contributed by atoms with van der Waals surface area (Å²) in [5.41, 5.74) is 1.81. The average Bonchev–Trinajstić information content (AvgIpc) is 2.99. The highest BCUT2D eigenvalue weighted by Crippen LogP contribution is 2.25. The molecule has 1 aliphatic heterocycles. The Bertz CT molecular complexity index is 460. The second-order valence-electron chi connectivity index (χ2n) is 5.47. The summed E-state index contributed by atoms with van der Waals surface area (Å²) < 4.78 is 1.83. The van der Waals surface area contributed by atoms with Crippen LogP contribution in [0, 0.1) is 6.92 Å². The summed E-state index contributed by atoms with van der Waals surface area (Å²) in [5, 5.41) is 10.7. The lowest BCUT2D eigenvalue weighted by Gasteiger charge is -2.28. The topological polar surface area (TPSA) is 59.0 Å². The Balaban J connectivity index is 2.08. The van der Waals surface area contributed by atoms with Crippen molar-refractivity contribution in [2.24, 2.45) is 7.05 Å². The highest BCUT2D eigenvalue weighted by molar-refractivity contribution is 5.87. The standard InChI is InChI=1S/C14H24N4O/c1-5-14(7-6-8-15-14)13(19)17-10(2)12-9-16-18(4)11(12)3/h9-10,15H,5-8H2,1-4H3,(H,17,19). The molecular weight excluding hydrogens is 240 g/mol. The zero-order chi connectivity index (χ0) is 14.0. The number of carbonyl (C=O) groups excluding carboxylic acids is 1. The number of rotatable bonds is 4. The van der Waals surface area contributed by atoms with Gasteiger partial charge >= 0.3 is 0 Å². The number of aromatic nitrogens is 2. The average molecular weight is 264 g/mol. The smallest absolute Gasteiger partial charge is 0.240 e. The van der Waals surface area contributed by atoms with Crippen LogP contribution in [0.2, 0.25) is 0 Å². The maximum absolute atomic E-state index is 12.5. The Kier molecular flexibility index (Phi) is 3.94. The second-order valence-corrected chi connectivity index (χ2v) is 5.47. The predicted octanol–water partition coefficient (Wildman–Crippen LogP) is 1.44. The van der Waals surface area contributed by atoms with Crippen molar-refractivity contribution in [1.82, 2.24) is 20.4 Å². The van der Waals surface area contributed by atoms with E-state index in [0.29, 0.717) is 0 Å². The quantitative estimate of drug-likeness (QED) is 0.865. The lowest BCUT2D eigenvalue weighted by molar-refractivity contribution is -0.128. The summed E-state index contributed by atoms with van der Waals surface area (Å²) >= 11 is 0.